The fourth-order valence-corrected chi connectivity index (χ4v) is 0.714. The normalized spacial score (nSPS) is 7.90. The summed E-state index contributed by atoms with van der Waals surface area (Å²) >= 11 is 0. The van der Waals surface area contributed by atoms with Gasteiger partial charge in [-0.15, -0.1) is 0 Å². The molecule has 0 radical (unpaired) electrons. The third-order valence-corrected chi connectivity index (χ3v) is 1.25. The molecule has 0 saturated heterocycles. The van der Waals surface area contributed by atoms with Gasteiger partial charge in [-0.3, -0.25) is 0 Å². The van der Waals surface area contributed by atoms with Crippen LogP contribution < -0.4 is 0 Å². The first kappa shape index (κ1) is 9.22. The largest absolute Gasteiger partial charge is 0.0683 e. The molecule has 0 atom stereocenters. The van der Waals surface area contributed by atoms with Gasteiger partial charge in [-0.05, 0) is 12.0 Å². The van der Waals surface area contributed by atoms with Crippen LogP contribution in [0.25, 0.3) is 0 Å². The lowest BCUT2D eigenvalue weighted by Crippen LogP contribution is -1.73. The molecule has 58 valence electrons. The molecular formula is C10H18. The number of rotatable bonds is 1. The second-order valence-electron chi connectivity index (χ2n) is 1.84. The number of hydrogen-bond acceptors (Lipinski definition) is 0. The van der Waals surface area contributed by atoms with Crippen LogP contribution in [-0.4, -0.2) is 0 Å². The highest BCUT2D eigenvalue weighted by Gasteiger charge is 1.79. The minimum Gasteiger partial charge on any atom is -0.0683 e. The highest BCUT2D eigenvalue weighted by atomic mass is 13.9. The average Bonchev–Trinajstić information content (AvgIpc) is 2.10. The van der Waals surface area contributed by atoms with Gasteiger partial charge < -0.3 is 0 Å². The summed E-state index contributed by atoms with van der Waals surface area (Å²) in [5, 5.41) is 0. The summed E-state index contributed by atoms with van der Waals surface area (Å²) in [6.07, 6.45) is 1.14. The zero-order chi connectivity index (χ0) is 7.82. The fourth-order valence-electron chi connectivity index (χ4n) is 0.714. The monoisotopic (exact) mass is 139 g/mol. The Morgan fingerprint density at radius 2 is 1.60 bits per heavy atom. The summed E-state index contributed by atoms with van der Waals surface area (Å²) in [6, 6.07) is 10.5. The summed E-state index contributed by atoms with van der Waals surface area (Å²) in [5.41, 5.74) is 1.41. The van der Waals surface area contributed by atoms with Gasteiger partial charge in [0.25, 0.3) is 0 Å². The maximum Gasteiger partial charge on any atom is 0 e. The standard InChI is InChI=1S/C8H10.C2H6.H2/c1-2-8-6-4-3-5-7-8;1-2;/h3-7H,2H2,1H3;1-2H3;1H/i;;1+1. The summed E-state index contributed by atoms with van der Waals surface area (Å²) in [7, 11) is 0. The zero-order valence-electron chi connectivity index (χ0n) is 7.09. The van der Waals surface area contributed by atoms with Crippen LogP contribution in [0, 0.1) is 0 Å². The van der Waals surface area contributed by atoms with Crippen LogP contribution in [0.15, 0.2) is 30.3 Å². The van der Waals surface area contributed by atoms with Gasteiger partial charge in [0.05, 0.1) is 0 Å². The Hall–Kier alpha value is -0.780. The van der Waals surface area contributed by atoms with E-state index in [1.54, 1.807) is 0 Å². The molecule has 0 aromatic heterocycles. The highest BCUT2D eigenvalue weighted by Crippen LogP contribution is 1.96. The van der Waals surface area contributed by atoms with Crippen molar-refractivity contribution in [2.75, 3.05) is 0 Å². The van der Waals surface area contributed by atoms with Crippen LogP contribution in [0.1, 0.15) is 27.8 Å². The molecule has 0 aliphatic rings. The van der Waals surface area contributed by atoms with Crippen LogP contribution in [0.2, 0.25) is 0 Å². The average molecular weight is 139 g/mol. The van der Waals surface area contributed by atoms with Crippen LogP contribution in [0.4, 0.5) is 0 Å². The first-order chi connectivity index (χ1) is 4.93. The van der Waals surface area contributed by atoms with Crippen molar-refractivity contribution in [2.45, 2.75) is 27.2 Å². The van der Waals surface area contributed by atoms with Gasteiger partial charge in [0.2, 0.25) is 0 Å². The lowest BCUT2D eigenvalue weighted by Gasteiger charge is -1.89. The highest BCUT2D eigenvalue weighted by molar-refractivity contribution is 5.13. The van der Waals surface area contributed by atoms with E-state index < -0.39 is 0 Å². The van der Waals surface area contributed by atoms with Crippen molar-refractivity contribution in [3.63, 3.8) is 0 Å². The van der Waals surface area contributed by atoms with Crippen molar-refractivity contribution in [3.8, 4) is 0 Å². The lowest BCUT2D eigenvalue weighted by atomic mass is 10.2. The first-order valence-electron chi connectivity index (χ1n) is 3.97. The number of aryl methyl sites for hydroxylation is 1. The molecule has 0 aliphatic carbocycles. The summed E-state index contributed by atoms with van der Waals surface area (Å²) < 4.78 is 0. The van der Waals surface area contributed by atoms with E-state index in [0.29, 0.717) is 0 Å². The maximum absolute atomic E-state index is 2.16. The van der Waals surface area contributed by atoms with E-state index in [-0.39, 0.29) is 1.43 Å². The molecule has 1 rings (SSSR count). The minimum absolute atomic E-state index is 0. The van der Waals surface area contributed by atoms with Gasteiger partial charge in [-0.1, -0.05) is 51.1 Å². The van der Waals surface area contributed by atoms with Crippen LogP contribution in [0.5, 0.6) is 0 Å². The smallest absolute Gasteiger partial charge is 0 e. The second kappa shape index (κ2) is 6.34. The molecule has 0 bridgehead atoms. The maximum atomic E-state index is 2.16. The topological polar surface area (TPSA) is 0 Å². The SMILES string of the molecule is CC.CCc1ccccc1.[2HH]. The van der Waals surface area contributed by atoms with E-state index in [1.807, 2.05) is 19.9 Å². The Balaban J connectivity index is 0. The molecule has 0 aliphatic heterocycles. The van der Waals surface area contributed by atoms with Gasteiger partial charge in [0.15, 0.2) is 0 Å². The molecule has 0 amide bonds. The molecule has 0 N–H and O–H groups in total. The molecule has 0 fully saturated rings. The van der Waals surface area contributed by atoms with E-state index in [9.17, 15) is 0 Å². The van der Waals surface area contributed by atoms with Crippen LogP contribution in [0.3, 0.4) is 0 Å². The van der Waals surface area contributed by atoms with Gasteiger partial charge in [0.1, 0.15) is 0 Å². The van der Waals surface area contributed by atoms with Gasteiger partial charge in [0, 0.05) is 1.43 Å². The summed E-state index contributed by atoms with van der Waals surface area (Å²) in [5.74, 6) is 0. The molecule has 1 aromatic rings. The predicted molar refractivity (Wildman–Crippen MR) is 49.3 cm³/mol. The van der Waals surface area contributed by atoms with Crippen LogP contribution in [-0.2, 0) is 6.42 Å². The Morgan fingerprint density at radius 3 is 1.90 bits per heavy atom. The molecule has 1 aromatic carbocycles. The van der Waals surface area contributed by atoms with Crippen molar-refractivity contribution in [3.05, 3.63) is 35.9 Å². The predicted octanol–water partition coefficient (Wildman–Crippen LogP) is 3.52. The van der Waals surface area contributed by atoms with Crippen molar-refractivity contribution in [2.24, 2.45) is 0 Å². The molecule has 10 heavy (non-hydrogen) atoms. The lowest BCUT2D eigenvalue weighted by molar-refractivity contribution is 1.14. The van der Waals surface area contributed by atoms with E-state index in [4.69, 9.17) is 0 Å². The molecule has 0 saturated carbocycles. The summed E-state index contributed by atoms with van der Waals surface area (Å²) in [6.45, 7) is 6.16. The summed E-state index contributed by atoms with van der Waals surface area (Å²) in [4.78, 5) is 0. The van der Waals surface area contributed by atoms with Gasteiger partial charge in [-0.25, -0.2) is 0 Å². The van der Waals surface area contributed by atoms with Crippen molar-refractivity contribution < 1.29 is 1.43 Å². The quantitative estimate of drug-likeness (QED) is 0.558. The van der Waals surface area contributed by atoms with E-state index >= 15 is 0 Å². The third kappa shape index (κ3) is 3.29. The minimum atomic E-state index is 0. The Bertz CT molecular complexity index is 146. The molecule has 0 heteroatoms. The molecular weight excluding hydrogens is 120 g/mol. The third-order valence-electron chi connectivity index (χ3n) is 1.25. The van der Waals surface area contributed by atoms with Crippen molar-refractivity contribution in [1.82, 2.24) is 0 Å². The molecule has 0 spiro atoms. The fraction of sp³-hybridized carbons (Fsp3) is 0.400. The van der Waals surface area contributed by atoms with Gasteiger partial charge in [-0.2, -0.15) is 0 Å². The number of benzene rings is 1. The van der Waals surface area contributed by atoms with E-state index in [1.165, 1.54) is 5.56 Å². The van der Waals surface area contributed by atoms with Crippen molar-refractivity contribution >= 4 is 0 Å². The number of hydrogen-bond donors (Lipinski definition) is 0. The van der Waals surface area contributed by atoms with E-state index in [0.717, 1.165) is 6.42 Å². The van der Waals surface area contributed by atoms with Crippen LogP contribution >= 0.6 is 0 Å². The Kier molecular flexibility index (Phi) is 5.85. The Labute approximate surface area is 65.4 Å². The molecule has 0 heterocycles. The van der Waals surface area contributed by atoms with Crippen molar-refractivity contribution in [1.29, 1.82) is 0 Å². The first-order valence-corrected chi connectivity index (χ1v) is 3.97. The second-order valence-corrected chi connectivity index (χ2v) is 1.84. The molecule has 0 nitrogen and oxygen atoms in total. The molecule has 0 unspecified atom stereocenters. The van der Waals surface area contributed by atoms with E-state index in [2.05, 4.69) is 31.2 Å². The zero-order valence-corrected chi connectivity index (χ0v) is 7.09. The Morgan fingerprint density at radius 1 is 1.10 bits per heavy atom. The van der Waals surface area contributed by atoms with Gasteiger partial charge >= 0.3 is 0 Å².